The maximum absolute atomic E-state index is 11.0. The number of carbonyl (C=O) groups excluding carboxylic acids is 1. The van der Waals surface area contributed by atoms with E-state index in [1.807, 2.05) is 0 Å². The minimum atomic E-state index is -0.204. The van der Waals surface area contributed by atoms with Crippen molar-refractivity contribution in [3.63, 3.8) is 0 Å². The van der Waals surface area contributed by atoms with Crippen LogP contribution in [0, 0.1) is 10.8 Å². The zero-order valence-electron chi connectivity index (χ0n) is 8.68. The summed E-state index contributed by atoms with van der Waals surface area (Å²) in [6.45, 7) is 4.64. The summed E-state index contributed by atoms with van der Waals surface area (Å²) in [5, 5.41) is 8.89. The Kier molecular flexibility index (Phi) is 3.12. The summed E-state index contributed by atoms with van der Waals surface area (Å²) in [7, 11) is 0. The molecule has 0 aromatic heterocycles. The van der Waals surface area contributed by atoms with Crippen LogP contribution in [0.25, 0.3) is 0 Å². The predicted octanol–water partition coefficient (Wildman–Crippen LogP) is 2.15. The highest BCUT2D eigenvalue weighted by molar-refractivity contribution is 5.59. The first-order valence-corrected chi connectivity index (χ1v) is 5.11. The molecule has 1 rings (SSSR count). The summed E-state index contributed by atoms with van der Waals surface area (Å²) in [6, 6.07) is 0. The molecule has 1 aliphatic rings. The van der Waals surface area contributed by atoms with Gasteiger partial charge >= 0.3 is 0 Å². The van der Waals surface area contributed by atoms with Crippen LogP contribution in [-0.2, 0) is 4.79 Å². The lowest BCUT2D eigenvalue weighted by Crippen LogP contribution is -2.33. The molecule has 0 bridgehead atoms. The third kappa shape index (κ3) is 2.53. The second-order valence-corrected chi connectivity index (χ2v) is 5.12. The van der Waals surface area contributed by atoms with Crippen LogP contribution in [0.4, 0.5) is 0 Å². The maximum atomic E-state index is 11.0. The lowest BCUT2D eigenvalue weighted by Gasteiger charge is -2.40. The summed E-state index contributed by atoms with van der Waals surface area (Å²) in [6.07, 6.45) is 5.82. The van der Waals surface area contributed by atoms with Crippen molar-refractivity contribution < 1.29 is 9.90 Å². The second kappa shape index (κ2) is 3.79. The van der Waals surface area contributed by atoms with Gasteiger partial charge < -0.3 is 9.90 Å². The van der Waals surface area contributed by atoms with Crippen LogP contribution in [0.3, 0.4) is 0 Å². The lowest BCUT2D eigenvalue weighted by atomic mass is 9.64. The van der Waals surface area contributed by atoms with Crippen LogP contribution in [-0.4, -0.2) is 18.0 Å². The van der Waals surface area contributed by atoms with Crippen molar-refractivity contribution in [2.45, 2.75) is 46.0 Å². The van der Waals surface area contributed by atoms with Gasteiger partial charge in [0.05, 0.1) is 0 Å². The van der Waals surface area contributed by atoms with Gasteiger partial charge in [0, 0.05) is 12.0 Å². The molecule has 0 spiro atoms. The van der Waals surface area contributed by atoms with Crippen molar-refractivity contribution in [1.82, 2.24) is 0 Å². The fourth-order valence-corrected chi connectivity index (χ4v) is 2.07. The molecule has 1 aliphatic carbocycles. The summed E-state index contributed by atoms with van der Waals surface area (Å²) in [5.41, 5.74) is 0.187. The zero-order valence-corrected chi connectivity index (χ0v) is 8.68. The van der Waals surface area contributed by atoms with Crippen LogP contribution in [0.2, 0.25) is 0 Å². The Morgan fingerprint density at radius 1 is 1.23 bits per heavy atom. The maximum Gasteiger partial charge on any atom is 0.126 e. The van der Waals surface area contributed by atoms with Crippen molar-refractivity contribution in [3.8, 4) is 0 Å². The Hall–Kier alpha value is -0.370. The van der Waals surface area contributed by atoms with Crippen molar-refractivity contribution in [1.29, 1.82) is 0 Å². The summed E-state index contributed by atoms with van der Waals surface area (Å²) in [4.78, 5) is 11.0. The van der Waals surface area contributed by atoms with E-state index in [-0.39, 0.29) is 12.0 Å². The zero-order chi connectivity index (χ0) is 9.95. The predicted molar refractivity (Wildman–Crippen MR) is 52.4 cm³/mol. The molecule has 0 aromatic carbocycles. The minimum absolute atomic E-state index is 0.138. The molecule has 13 heavy (non-hydrogen) atoms. The quantitative estimate of drug-likeness (QED) is 0.682. The number of rotatable bonds is 3. The van der Waals surface area contributed by atoms with E-state index in [1.54, 1.807) is 0 Å². The Morgan fingerprint density at radius 2 is 1.77 bits per heavy atom. The Balaban J connectivity index is 2.57. The number of aliphatic hydroxyl groups is 1. The molecule has 0 radical (unpaired) electrons. The van der Waals surface area contributed by atoms with Gasteiger partial charge in [-0.1, -0.05) is 13.8 Å². The molecule has 0 saturated heterocycles. The molecule has 2 heteroatoms. The van der Waals surface area contributed by atoms with E-state index in [1.165, 1.54) is 0 Å². The fraction of sp³-hybridized carbons (Fsp3) is 0.909. The molecule has 0 aliphatic heterocycles. The standard InChI is InChI=1S/C11H20O2/c1-10(2)3-5-11(9-13,6-4-10)7-8-12/h9,12H,3-8H2,1-2H3. The fourth-order valence-electron chi connectivity index (χ4n) is 2.07. The SMILES string of the molecule is CC1(C)CCC(C=O)(CCO)CC1. The van der Waals surface area contributed by atoms with Gasteiger partial charge in [-0.3, -0.25) is 0 Å². The van der Waals surface area contributed by atoms with Gasteiger partial charge in [-0.2, -0.15) is 0 Å². The van der Waals surface area contributed by atoms with E-state index in [0.717, 1.165) is 32.0 Å². The van der Waals surface area contributed by atoms with Crippen molar-refractivity contribution in [2.75, 3.05) is 6.61 Å². The van der Waals surface area contributed by atoms with E-state index in [4.69, 9.17) is 5.11 Å². The first kappa shape index (κ1) is 10.7. The number of hydrogen-bond donors (Lipinski definition) is 1. The molecule has 0 heterocycles. The average Bonchev–Trinajstić information content (AvgIpc) is 2.10. The topological polar surface area (TPSA) is 37.3 Å². The van der Waals surface area contributed by atoms with Crippen molar-refractivity contribution >= 4 is 6.29 Å². The molecule has 0 atom stereocenters. The van der Waals surface area contributed by atoms with Crippen LogP contribution in [0.5, 0.6) is 0 Å². The van der Waals surface area contributed by atoms with Crippen LogP contribution >= 0.6 is 0 Å². The van der Waals surface area contributed by atoms with Crippen molar-refractivity contribution in [3.05, 3.63) is 0 Å². The molecular weight excluding hydrogens is 164 g/mol. The molecule has 0 aromatic rings. The normalized spacial score (nSPS) is 25.5. The molecular formula is C11H20O2. The molecule has 76 valence electrons. The third-order valence-corrected chi connectivity index (χ3v) is 3.46. The second-order valence-electron chi connectivity index (χ2n) is 5.12. The monoisotopic (exact) mass is 184 g/mol. The number of aldehydes is 1. The lowest BCUT2D eigenvalue weighted by molar-refractivity contribution is -0.120. The number of hydrogen-bond acceptors (Lipinski definition) is 2. The molecule has 2 nitrogen and oxygen atoms in total. The largest absolute Gasteiger partial charge is 0.396 e. The molecule has 1 fully saturated rings. The summed E-state index contributed by atoms with van der Waals surface area (Å²) < 4.78 is 0. The smallest absolute Gasteiger partial charge is 0.126 e. The van der Waals surface area contributed by atoms with Crippen LogP contribution < -0.4 is 0 Å². The van der Waals surface area contributed by atoms with Gasteiger partial charge in [0.2, 0.25) is 0 Å². The average molecular weight is 184 g/mol. The van der Waals surface area contributed by atoms with Gasteiger partial charge in [0.1, 0.15) is 6.29 Å². The van der Waals surface area contributed by atoms with Gasteiger partial charge in [-0.15, -0.1) is 0 Å². The van der Waals surface area contributed by atoms with Gasteiger partial charge in [-0.25, -0.2) is 0 Å². The van der Waals surface area contributed by atoms with Crippen molar-refractivity contribution in [2.24, 2.45) is 10.8 Å². The van der Waals surface area contributed by atoms with Gasteiger partial charge in [0.25, 0.3) is 0 Å². The van der Waals surface area contributed by atoms with Gasteiger partial charge in [0.15, 0.2) is 0 Å². The minimum Gasteiger partial charge on any atom is -0.396 e. The molecule has 0 unspecified atom stereocenters. The summed E-state index contributed by atoms with van der Waals surface area (Å²) in [5.74, 6) is 0. The van der Waals surface area contributed by atoms with E-state index in [9.17, 15) is 4.79 Å². The van der Waals surface area contributed by atoms with E-state index in [2.05, 4.69) is 13.8 Å². The number of carbonyl (C=O) groups is 1. The highest BCUT2D eigenvalue weighted by atomic mass is 16.3. The molecule has 1 saturated carbocycles. The Morgan fingerprint density at radius 3 is 2.15 bits per heavy atom. The van der Waals surface area contributed by atoms with E-state index >= 15 is 0 Å². The number of aliphatic hydroxyl groups excluding tert-OH is 1. The van der Waals surface area contributed by atoms with Crippen LogP contribution in [0.1, 0.15) is 46.0 Å². The Labute approximate surface area is 80.3 Å². The van der Waals surface area contributed by atoms with E-state index < -0.39 is 0 Å². The molecule has 0 amide bonds. The third-order valence-electron chi connectivity index (χ3n) is 3.46. The first-order chi connectivity index (χ1) is 6.04. The first-order valence-electron chi connectivity index (χ1n) is 5.11. The Bertz CT molecular complexity index is 175. The van der Waals surface area contributed by atoms with Gasteiger partial charge in [-0.05, 0) is 37.5 Å². The highest BCUT2D eigenvalue weighted by Gasteiger charge is 2.37. The summed E-state index contributed by atoms with van der Waals surface area (Å²) >= 11 is 0. The molecule has 1 N–H and O–H groups in total. The van der Waals surface area contributed by atoms with Crippen LogP contribution in [0.15, 0.2) is 0 Å². The highest BCUT2D eigenvalue weighted by Crippen LogP contribution is 2.45. The van der Waals surface area contributed by atoms with E-state index in [0.29, 0.717) is 11.8 Å².